The number of aromatic hydroxyl groups is 1. The quantitative estimate of drug-likeness (QED) is 0.836. The number of hydrogen-bond donors (Lipinski definition) is 2. The van der Waals surface area contributed by atoms with Gasteiger partial charge < -0.3 is 10.2 Å². The number of aliphatic hydroxyl groups is 1. The fourth-order valence-electron chi connectivity index (χ4n) is 3.08. The van der Waals surface area contributed by atoms with Crippen molar-refractivity contribution in [2.75, 3.05) is 0 Å². The highest BCUT2D eigenvalue weighted by Gasteiger charge is 2.43. The van der Waals surface area contributed by atoms with Gasteiger partial charge in [-0.25, -0.2) is 4.99 Å². The van der Waals surface area contributed by atoms with Gasteiger partial charge in [0.25, 0.3) is 0 Å². The SMILES string of the molecule is O=C1CC2=c3ccccc3=NC2=CC1(O)c1cc(Cl)ccc1O. The van der Waals surface area contributed by atoms with Crippen molar-refractivity contribution in [3.8, 4) is 5.75 Å². The van der Waals surface area contributed by atoms with Crippen LogP contribution in [0, 0.1) is 0 Å². The average molecular weight is 326 g/mol. The van der Waals surface area contributed by atoms with Crippen LogP contribution in [0.3, 0.4) is 0 Å². The number of allylic oxidation sites excluding steroid dienone is 1. The Labute approximate surface area is 136 Å². The van der Waals surface area contributed by atoms with Gasteiger partial charge in [0.05, 0.1) is 11.1 Å². The molecular formula is C18H12ClNO3. The van der Waals surface area contributed by atoms with Crippen molar-refractivity contribution in [3.63, 3.8) is 0 Å². The van der Waals surface area contributed by atoms with Crippen LogP contribution < -0.4 is 10.6 Å². The van der Waals surface area contributed by atoms with E-state index in [0.717, 1.165) is 16.1 Å². The number of Topliss-reactive ketones (excluding diaryl/α,β-unsaturated/α-hetero) is 1. The van der Waals surface area contributed by atoms with Gasteiger partial charge in [-0.3, -0.25) is 4.79 Å². The summed E-state index contributed by atoms with van der Waals surface area (Å²) in [6.07, 6.45) is 1.45. The fraction of sp³-hybridized carbons (Fsp3) is 0.111. The summed E-state index contributed by atoms with van der Waals surface area (Å²) in [4.78, 5) is 17.1. The Kier molecular flexibility index (Phi) is 2.95. The molecule has 0 amide bonds. The van der Waals surface area contributed by atoms with Gasteiger partial charge in [0.2, 0.25) is 0 Å². The molecule has 2 aliphatic rings. The summed E-state index contributed by atoms with van der Waals surface area (Å²) in [5, 5.41) is 23.0. The minimum atomic E-state index is -1.93. The highest BCUT2D eigenvalue weighted by atomic mass is 35.5. The lowest BCUT2D eigenvalue weighted by Gasteiger charge is -2.29. The van der Waals surface area contributed by atoms with Gasteiger partial charge in [-0.1, -0.05) is 29.8 Å². The highest BCUT2D eigenvalue weighted by Crippen LogP contribution is 2.40. The first kappa shape index (κ1) is 14.2. The largest absolute Gasteiger partial charge is 0.508 e. The number of rotatable bonds is 1. The molecule has 1 aliphatic heterocycles. The van der Waals surface area contributed by atoms with E-state index in [4.69, 9.17) is 11.6 Å². The van der Waals surface area contributed by atoms with E-state index in [1.165, 1.54) is 24.3 Å². The number of phenols is 1. The summed E-state index contributed by atoms with van der Waals surface area (Å²) >= 11 is 5.95. The van der Waals surface area contributed by atoms with Gasteiger partial charge in [0.15, 0.2) is 11.4 Å². The second-order valence-electron chi connectivity index (χ2n) is 5.66. The number of ketones is 1. The number of para-hydroxylation sites is 1. The minimum Gasteiger partial charge on any atom is -0.508 e. The van der Waals surface area contributed by atoms with Crippen molar-refractivity contribution in [2.45, 2.75) is 12.0 Å². The molecule has 0 saturated heterocycles. The lowest BCUT2D eigenvalue weighted by molar-refractivity contribution is -0.133. The lowest BCUT2D eigenvalue weighted by atomic mass is 9.80. The molecule has 4 rings (SSSR count). The van der Waals surface area contributed by atoms with Crippen LogP contribution in [-0.4, -0.2) is 16.0 Å². The summed E-state index contributed by atoms with van der Waals surface area (Å²) in [5.74, 6) is -0.596. The topological polar surface area (TPSA) is 69.9 Å². The molecule has 0 saturated carbocycles. The Bertz CT molecular complexity index is 1010. The predicted molar refractivity (Wildman–Crippen MR) is 85.4 cm³/mol. The van der Waals surface area contributed by atoms with Crippen molar-refractivity contribution in [1.29, 1.82) is 0 Å². The van der Waals surface area contributed by atoms with Crippen LogP contribution >= 0.6 is 11.6 Å². The molecule has 1 aliphatic carbocycles. The Hall–Kier alpha value is -2.43. The van der Waals surface area contributed by atoms with Gasteiger partial charge in [0.1, 0.15) is 5.75 Å². The maximum Gasteiger partial charge on any atom is 0.177 e. The molecule has 2 N–H and O–H groups in total. The first-order chi connectivity index (χ1) is 11.0. The summed E-state index contributed by atoms with van der Waals surface area (Å²) < 4.78 is 0. The van der Waals surface area contributed by atoms with Gasteiger partial charge in [-0.05, 0) is 35.9 Å². The van der Waals surface area contributed by atoms with Crippen molar-refractivity contribution in [3.05, 3.63) is 75.4 Å². The first-order valence-corrected chi connectivity index (χ1v) is 7.52. The predicted octanol–water partition coefficient (Wildman–Crippen LogP) is 1.57. The second kappa shape index (κ2) is 4.78. The monoisotopic (exact) mass is 325 g/mol. The van der Waals surface area contributed by atoms with Crippen LogP contribution in [0.2, 0.25) is 5.02 Å². The third kappa shape index (κ3) is 2.03. The maximum atomic E-state index is 12.6. The minimum absolute atomic E-state index is 0.0504. The van der Waals surface area contributed by atoms with Gasteiger partial charge in [-0.2, -0.15) is 0 Å². The van der Waals surface area contributed by atoms with Crippen LogP contribution in [0.1, 0.15) is 12.0 Å². The Morgan fingerprint density at radius 3 is 2.78 bits per heavy atom. The van der Waals surface area contributed by atoms with Crippen LogP contribution in [-0.2, 0) is 10.4 Å². The second-order valence-corrected chi connectivity index (χ2v) is 6.10. The van der Waals surface area contributed by atoms with E-state index in [-0.39, 0.29) is 17.7 Å². The van der Waals surface area contributed by atoms with Crippen LogP contribution in [0.25, 0.3) is 5.57 Å². The van der Waals surface area contributed by atoms with Gasteiger partial charge in [-0.15, -0.1) is 0 Å². The third-order valence-electron chi connectivity index (χ3n) is 4.26. The molecular weight excluding hydrogens is 314 g/mol. The molecule has 0 aromatic heterocycles. The Morgan fingerprint density at radius 1 is 1.17 bits per heavy atom. The normalized spacial score (nSPS) is 22.3. The smallest absolute Gasteiger partial charge is 0.177 e. The molecule has 0 radical (unpaired) electrons. The summed E-state index contributed by atoms with van der Waals surface area (Å²) in [6, 6.07) is 11.8. The number of benzene rings is 2. The molecule has 0 bridgehead atoms. The van der Waals surface area contributed by atoms with Crippen molar-refractivity contribution in [1.82, 2.24) is 0 Å². The molecule has 23 heavy (non-hydrogen) atoms. The van der Waals surface area contributed by atoms with Crippen molar-refractivity contribution >= 4 is 23.0 Å². The molecule has 0 spiro atoms. The number of fused-ring (bicyclic) bond motifs is 2. The molecule has 0 fully saturated rings. The lowest BCUT2D eigenvalue weighted by Crippen LogP contribution is -2.37. The van der Waals surface area contributed by atoms with E-state index in [1.807, 2.05) is 24.3 Å². The standard InChI is InChI=1S/C18H12ClNO3/c19-10-5-6-16(21)13(7-10)18(23)9-15-12(8-17(18)22)11-3-1-2-4-14(11)20-15/h1-7,9,21,23H,8H2. The Balaban J connectivity index is 1.97. The van der Waals surface area contributed by atoms with Gasteiger partial charge >= 0.3 is 0 Å². The molecule has 2 aromatic carbocycles. The molecule has 1 atom stereocenters. The average Bonchev–Trinajstić information content (AvgIpc) is 2.87. The van der Waals surface area contributed by atoms with E-state index >= 15 is 0 Å². The van der Waals surface area contributed by atoms with E-state index in [1.54, 1.807) is 0 Å². The number of halogens is 1. The zero-order chi connectivity index (χ0) is 16.2. The molecule has 1 unspecified atom stereocenters. The Morgan fingerprint density at radius 2 is 1.96 bits per heavy atom. The molecule has 1 heterocycles. The van der Waals surface area contributed by atoms with Crippen molar-refractivity contribution < 1.29 is 15.0 Å². The van der Waals surface area contributed by atoms with E-state index < -0.39 is 11.4 Å². The molecule has 114 valence electrons. The molecule has 5 heteroatoms. The number of carbonyl (C=O) groups excluding carboxylic acids is 1. The number of nitrogens with zero attached hydrogens (tertiary/aromatic N) is 1. The van der Waals surface area contributed by atoms with Crippen LogP contribution in [0.4, 0.5) is 0 Å². The summed E-state index contributed by atoms with van der Waals surface area (Å²) in [6.45, 7) is 0. The summed E-state index contributed by atoms with van der Waals surface area (Å²) in [7, 11) is 0. The summed E-state index contributed by atoms with van der Waals surface area (Å²) in [5.41, 5.74) is -0.489. The van der Waals surface area contributed by atoms with Gasteiger partial charge in [0, 0.05) is 22.2 Å². The van der Waals surface area contributed by atoms with Crippen LogP contribution in [0.5, 0.6) is 5.75 Å². The highest BCUT2D eigenvalue weighted by molar-refractivity contribution is 6.30. The molecule has 2 aromatic rings. The van der Waals surface area contributed by atoms with Crippen LogP contribution in [0.15, 0.2) is 59.2 Å². The number of phenolic OH excluding ortho intramolecular Hbond substituents is 1. The first-order valence-electron chi connectivity index (χ1n) is 7.14. The fourth-order valence-corrected chi connectivity index (χ4v) is 3.25. The maximum absolute atomic E-state index is 12.6. The number of carbonyl (C=O) groups is 1. The zero-order valence-electron chi connectivity index (χ0n) is 12.0. The number of hydrogen-bond acceptors (Lipinski definition) is 4. The van der Waals surface area contributed by atoms with Crippen molar-refractivity contribution in [2.24, 2.45) is 4.99 Å². The van der Waals surface area contributed by atoms with E-state index in [2.05, 4.69) is 4.99 Å². The van der Waals surface area contributed by atoms with E-state index in [0.29, 0.717) is 10.7 Å². The third-order valence-corrected chi connectivity index (χ3v) is 4.49. The molecule has 4 nitrogen and oxygen atoms in total. The van der Waals surface area contributed by atoms with E-state index in [9.17, 15) is 15.0 Å². The zero-order valence-corrected chi connectivity index (χ0v) is 12.7.